The summed E-state index contributed by atoms with van der Waals surface area (Å²) in [4.78, 5) is -0.0449. The molecular weight excluding hydrogens is 413 g/mol. The molecule has 0 fully saturated rings. The summed E-state index contributed by atoms with van der Waals surface area (Å²) in [7, 11) is -3.91. The Labute approximate surface area is 163 Å². The quantitative estimate of drug-likeness (QED) is 0.526. The van der Waals surface area contributed by atoms with Gasteiger partial charge in [0.15, 0.2) is 11.3 Å². The van der Waals surface area contributed by atoms with E-state index >= 15 is 0 Å². The average molecular weight is 424 g/mol. The van der Waals surface area contributed by atoms with Crippen molar-refractivity contribution >= 4 is 50.1 Å². The van der Waals surface area contributed by atoms with Gasteiger partial charge in [-0.2, -0.15) is 5.10 Å². The highest BCUT2D eigenvalue weighted by molar-refractivity contribution is 7.93. The van der Waals surface area contributed by atoms with E-state index in [4.69, 9.17) is 23.2 Å². The second-order valence-electron chi connectivity index (χ2n) is 5.63. The largest absolute Gasteiger partial charge is 0.266 e. The van der Waals surface area contributed by atoms with E-state index in [1.807, 2.05) is 0 Å². The summed E-state index contributed by atoms with van der Waals surface area (Å²) in [5.41, 5.74) is 1.30. The van der Waals surface area contributed by atoms with Gasteiger partial charge in [0, 0.05) is 22.3 Å². The lowest BCUT2D eigenvalue weighted by atomic mass is 10.2. The minimum Gasteiger partial charge on any atom is -0.266 e. The standard InChI is InChI=1S/C16H11Cl2N5O3S/c17-11-5-4-10(12(18)8-11)9-23-7-6-15(19-23)22-27(24,25)14-3-1-2-13-16(14)21-26-20-13/h1-8H,9H2,(H,19,22). The van der Waals surface area contributed by atoms with E-state index in [-0.39, 0.29) is 16.2 Å². The summed E-state index contributed by atoms with van der Waals surface area (Å²) in [6.07, 6.45) is 1.64. The zero-order valence-corrected chi connectivity index (χ0v) is 15.8. The van der Waals surface area contributed by atoms with Gasteiger partial charge in [0.05, 0.1) is 6.54 Å². The van der Waals surface area contributed by atoms with Crippen LogP contribution in [0.2, 0.25) is 10.0 Å². The number of nitrogens with one attached hydrogen (secondary N) is 1. The second-order valence-corrected chi connectivity index (χ2v) is 8.12. The van der Waals surface area contributed by atoms with Crippen molar-refractivity contribution in [3.8, 4) is 0 Å². The molecule has 2 aromatic carbocycles. The number of halogens is 2. The molecular formula is C16H11Cl2N5O3S. The van der Waals surface area contributed by atoms with Crippen molar-refractivity contribution in [3.63, 3.8) is 0 Å². The molecule has 0 radical (unpaired) electrons. The van der Waals surface area contributed by atoms with E-state index in [0.717, 1.165) is 5.56 Å². The lowest BCUT2D eigenvalue weighted by molar-refractivity contribution is 0.315. The zero-order chi connectivity index (χ0) is 19.0. The monoisotopic (exact) mass is 423 g/mol. The van der Waals surface area contributed by atoms with Crippen LogP contribution in [0.25, 0.3) is 11.0 Å². The van der Waals surface area contributed by atoms with Crippen LogP contribution in [0.3, 0.4) is 0 Å². The van der Waals surface area contributed by atoms with Crippen LogP contribution in [0, 0.1) is 0 Å². The summed E-state index contributed by atoms with van der Waals surface area (Å²) in [6, 6.07) is 11.3. The van der Waals surface area contributed by atoms with Crippen molar-refractivity contribution in [2.24, 2.45) is 0 Å². The van der Waals surface area contributed by atoms with Crippen LogP contribution in [0.1, 0.15) is 5.56 Å². The number of rotatable bonds is 5. The van der Waals surface area contributed by atoms with Crippen molar-refractivity contribution in [3.05, 3.63) is 64.3 Å². The van der Waals surface area contributed by atoms with Gasteiger partial charge in [-0.25, -0.2) is 13.0 Å². The molecule has 0 bridgehead atoms. The number of hydrogen-bond donors (Lipinski definition) is 1. The average Bonchev–Trinajstić information content (AvgIpc) is 3.25. The van der Waals surface area contributed by atoms with Gasteiger partial charge in [0.1, 0.15) is 10.4 Å². The van der Waals surface area contributed by atoms with Gasteiger partial charge in [-0.1, -0.05) is 35.3 Å². The molecule has 2 aromatic heterocycles. The molecule has 1 N–H and O–H groups in total. The Morgan fingerprint density at radius 1 is 1.11 bits per heavy atom. The highest BCUT2D eigenvalue weighted by Gasteiger charge is 2.21. The summed E-state index contributed by atoms with van der Waals surface area (Å²) in [5.74, 6) is 0.161. The Morgan fingerprint density at radius 3 is 2.78 bits per heavy atom. The number of anilines is 1. The van der Waals surface area contributed by atoms with E-state index < -0.39 is 10.0 Å². The first kappa shape index (κ1) is 17.8. The number of hydrogen-bond acceptors (Lipinski definition) is 6. The van der Waals surface area contributed by atoms with Gasteiger partial charge < -0.3 is 0 Å². The molecule has 27 heavy (non-hydrogen) atoms. The molecule has 8 nitrogen and oxygen atoms in total. The SMILES string of the molecule is O=S(=O)(Nc1ccn(Cc2ccc(Cl)cc2Cl)n1)c1cccc2nonc12. The highest BCUT2D eigenvalue weighted by atomic mass is 35.5. The number of aromatic nitrogens is 4. The lowest BCUT2D eigenvalue weighted by Gasteiger charge is -2.06. The van der Waals surface area contributed by atoms with Crippen molar-refractivity contribution in [2.45, 2.75) is 11.4 Å². The molecule has 0 saturated carbocycles. The smallest absolute Gasteiger partial charge is 0.265 e. The summed E-state index contributed by atoms with van der Waals surface area (Å²) in [6.45, 7) is 0.362. The summed E-state index contributed by atoms with van der Waals surface area (Å²) in [5, 5.41) is 12.6. The number of benzene rings is 2. The Kier molecular flexibility index (Phi) is 4.50. The van der Waals surface area contributed by atoms with Gasteiger partial charge in [-0.05, 0) is 40.1 Å². The maximum Gasteiger partial charge on any atom is 0.265 e. The molecule has 0 aliphatic heterocycles. The highest BCUT2D eigenvalue weighted by Crippen LogP contribution is 2.23. The van der Waals surface area contributed by atoms with Crippen LogP contribution < -0.4 is 4.72 Å². The van der Waals surface area contributed by atoms with Gasteiger partial charge in [-0.3, -0.25) is 9.40 Å². The molecule has 0 atom stereocenters. The van der Waals surface area contributed by atoms with Crippen LogP contribution in [-0.4, -0.2) is 28.5 Å². The van der Waals surface area contributed by atoms with Crippen molar-refractivity contribution in [1.82, 2.24) is 20.1 Å². The first-order valence-corrected chi connectivity index (χ1v) is 9.88. The Hall–Kier alpha value is -2.62. The molecule has 0 saturated heterocycles. The maximum absolute atomic E-state index is 12.7. The Morgan fingerprint density at radius 2 is 1.96 bits per heavy atom. The molecule has 4 aromatic rings. The van der Waals surface area contributed by atoms with E-state index in [0.29, 0.717) is 22.1 Å². The minimum absolute atomic E-state index is 0.0449. The molecule has 0 amide bonds. The Bertz CT molecular complexity index is 1240. The van der Waals surface area contributed by atoms with E-state index in [1.165, 1.54) is 6.07 Å². The lowest BCUT2D eigenvalue weighted by Crippen LogP contribution is -2.14. The van der Waals surface area contributed by atoms with E-state index in [9.17, 15) is 8.42 Å². The normalized spacial score (nSPS) is 11.8. The maximum atomic E-state index is 12.7. The number of nitrogens with zero attached hydrogens (tertiary/aromatic N) is 4. The van der Waals surface area contributed by atoms with E-state index in [2.05, 4.69) is 24.8 Å². The molecule has 138 valence electrons. The molecule has 4 rings (SSSR count). The van der Waals surface area contributed by atoms with Gasteiger partial charge in [-0.15, -0.1) is 0 Å². The minimum atomic E-state index is -3.91. The predicted molar refractivity (Wildman–Crippen MR) is 100 cm³/mol. The molecule has 0 spiro atoms. The first-order valence-electron chi connectivity index (χ1n) is 7.64. The van der Waals surface area contributed by atoms with Crippen molar-refractivity contribution in [1.29, 1.82) is 0 Å². The van der Waals surface area contributed by atoms with Crippen LogP contribution >= 0.6 is 23.2 Å². The molecule has 0 aliphatic rings. The van der Waals surface area contributed by atoms with Crippen molar-refractivity contribution < 1.29 is 13.0 Å². The van der Waals surface area contributed by atoms with Crippen LogP contribution in [0.15, 0.2) is 58.2 Å². The second kappa shape index (κ2) is 6.84. The summed E-state index contributed by atoms with van der Waals surface area (Å²) < 4.78 is 33.9. The van der Waals surface area contributed by atoms with Crippen molar-refractivity contribution in [2.75, 3.05) is 4.72 Å². The fourth-order valence-electron chi connectivity index (χ4n) is 2.52. The topological polar surface area (TPSA) is 103 Å². The van der Waals surface area contributed by atoms with Gasteiger partial charge >= 0.3 is 0 Å². The summed E-state index contributed by atoms with van der Waals surface area (Å²) >= 11 is 12.0. The van der Waals surface area contributed by atoms with Crippen LogP contribution in [0.4, 0.5) is 5.82 Å². The van der Waals surface area contributed by atoms with Gasteiger partial charge in [0.25, 0.3) is 10.0 Å². The fraction of sp³-hybridized carbons (Fsp3) is 0.0625. The molecule has 0 unspecified atom stereocenters. The Balaban J connectivity index is 1.57. The molecule has 11 heteroatoms. The predicted octanol–water partition coefficient (Wildman–Crippen LogP) is 3.58. The molecule has 0 aliphatic carbocycles. The molecule has 2 heterocycles. The van der Waals surface area contributed by atoms with Crippen LogP contribution in [-0.2, 0) is 16.6 Å². The zero-order valence-electron chi connectivity index (χ0n) is 13.5. The fourth-order valence-corrected chi connectivity index (χ4v) is 4.14. The van der Waals surface area contributed by atoms with Gasteiger partial charge in [0.2, 0.25) is 0 Å². The third kappa shape index (κ3) is 3.61. The third-order valence-corrected chi connectivity index (χ3v) is 5.74. The van der Waals surface area contributed by atoms with E-state index in [1.54, 1.807) is 47.3 Å². The first-order chi connectivity index (χ1) is 12.9. The number of fused-ring (bicyclic) bond motifs is 1. The number of sulfonamides is 1. The van der Waals surface area contributed by atoms with Crippen LogP contribution in [0.5, 0.6) is 0 Å². The third-order valence-electron chi connectivity index (χ3n) is 3.77.